The average Bonchev–Trinajstić information content (AvgIpc) is 3.08. The van der Waals surface area contributed by atoms with Crippen LogP contribution in [0.4, 0.5) is 5.69 Å². The van der Waals surface area contributed by atoms with E-state index in [4.69, 9.17) is 4.74 Å². The molecule has 5 nitrogen and oxygen atoms in total. The molecule has 0 saturated carbocycles. The highest BCUT2D eigenvalue weighted by Crippen LogP contribution is 2.39. The highest BCUT2D eigenvalue weighted by Gasteiger charge is 2.53. The van der Waals surface area contributed by atoms with E-state index in [1.165, 1.54) is 5.56 Å². The average molecular weight is 301 g/mol. The van der Waals surface area contributed by atoms with Crippen LogP contribution >= 0.6 is 0 Å². The van der Waals surface area contributed by atoms with Gasteiger partial charge in [-0.3, -0.25) is 9.59 Å². The summed E-state index contributed by atoms with van der Waals surface area (Å²) in [6.45, 7) is 4.20. The number of nitrogens with one attached hydrogen (secondary N) is 1. The first-order valence-corrected chi connectivity index (χ1v) is 7.45. The maximum Gasteiger partial charge on any atom is 0.310 e. The number of carbonyl (C=O) groups is 2. The number of amides is 1. The van der Waals surface area contributed by atoms with Gasteiger partial charge in [-0.05, 0) is 23.6 Å². The third-order valence-corrected chi connectivity index (χ3v) is 4.33. The van der Waals surface area contributed by atoms with E-state index in [9.17, 15) is 14.7 Å². The molecule has 2 aliphatic heterocycles. The van der Waals surface area contributed by atoms with Gasteiger partial charge in [0.1, 0.15) is 5.92 Å². The SMILES string of the molecule is CC(C)c1ccc(NC(=O)[C@H]2[C@@H](C(=O)O)[C@H]3C=C[C@H]2O3)cc1. The van der Waals surface area contributed by atoms with E-state index in [1.54, 1.807) is 12.2 Å². The van der Waals surface area contributed by atoms with Crippen molar-refractivity contribution in [1.82, 2.24) is 0 Å². The monoisotopic (exact) mass is 301 g/mol. The molecule has 0 aromatic heterocycles. The summed E-state index contributed by atoms with van der Waals surface area (Å²) in [4.78, 5) is 23.8. The fraction of sp³-hybridized carbons (Fsp3) is 0.412. The number of carboxylic acid groups (broad SMARTS) is 1. The summed E-state index contributed by atoms with van der Waals surface area (Å²) in [7, 11) is 0. The highest BCUT2D eigenvalue weighted by molar-refractivity contribution is 5.96. The summed E-state index contributed by atoms with van der Waals surface area (Å²) in [5, 5.41) is 12.1. The quantitative estimate of drug-likeness (QED) is 0.837. The first-order chi connectivity index (χ1) is 10.5. The van der Waals surface area contributed by atoms with E-state index >= 15 is 0 Å². The van der Waals surface area contributed by atoms with Crippen LogP contribution in [0, 0.1) is 11.8 Å². The predicted octanol–water partition coefficient (Wildman–Crippen LogP) is 2.40. The van der Waals surface area contributed by atoms with E-state index in [1.807, 2.05) is 24.3 Å². The number of rotatable bonds is 4. The van der Waals surface area contributed by atoms with Crippen molar-refractivity contribution < 1.29 is 19.4 Å². The van der Waals surface area contributed by atoms with Crippen molar-refractivity contribution in [3.05, 3.63) is 42.0 Å². The summed E-state index contributed by atoms with van der Waals surface area (Å²) in [5.41, 5.74) is 1.86. The van der Waals surface area contributed by atoms with Crippen molar-refractivity contribution in [3.63, 3.8) is 0 Å². The summed E-state index contributed by atoms with van der Waals surface area (Å²) in [6, 6.07) is 7.61. The molecule has 1 saturated heterocycles. The smallest absolute Gasteiger partial charge is 0.310 e. The Morgan fingerprint density at radius 1 is 1.09 bits per heavy atom. The second-order valence-corrected chi connectivity index (χ2v) is 6.11. The van der Waals surface area contributed by atoms with Crippen molar-refractivity contribution in [2.45, 2.75) is 32.0 Å². The maximum atomic E-state index is 12.4. The minimum absolute atomic E-state index is 0.304. The van der Waals surface area contributed by atoms with Crippen molar-refractivity contribution >= 4 is 17.6 Å². The van der Waals surface area contributed by atoms with Crippen LogP contribution in [0.2, 0.25) is 0 Å². The molecule has 2 bridgehead atoms. The molecule has 2 N–H and O–H groups in total. The first-order valence-electron chi connectivity index (χ1n) is 7.45. The Balaban J connectivity index is 1.74. The Hall–Kier alpha value is -2.14. The van der Waals surface area contributed by atoms with Crippen LogP contribution in [0.3, 0.4) is 0 Å². The lowest BCUT2D eigenvalue weighted by Crippen LogP contribution is -2.39. The second-order valence-electron chi connectivity index (χ2n) is 6.11. The molecular weight excluding hydrogens is 282 g/mol. The lowest BCUT2D eigenvalue weighted by Gasteiger charge is -2.21. The van der Waals surface area contributed by atoms with Crippen molar-refractivity contribution in [2.24, 2.45) is 11.8 Å². The van der Waals surface area contributed by atoms with Crippen LogP contribution in [0.25, 0.3) is 0 Å². The van der Waals surface area contributed by atoms with Gasteiger partial charge >= 0.3 is 5.97 Å². The number of carboxylic acids is 1. The van der Waals surface area contributed by atoms with Gasteiger partial charge in [-0.25, -0.2) is 0 Å². The summed E-state index contributed by atoms with van der Waals surface area (Å²) < 4.78 is 5.52. The third kappa shape index (κ3) is 2.52. The summed E-state index contributed by atoms with van der Waals surface area (Å²) in [5.74, 6) is -2.37. The standard InChI is InChI=1S/C17H19NO4/c1-9(2)10-3-5-11(6-4-10)18-16(19)14-12-7-8-13(22-12)15(14)17(20)21/h3-9,12-15H,1-2H3,(H,18,19)(H,20,21)/t12-,13-,14-,15+/m1/s1. The van der Waals surface area contributed by atoms with E-state index in [0.29, 0.717) is 11.6 Å². The summed E-state index contributed by atoms with van der Waals surface area (Å²) in [6.07, 6.45) is 2.56. The lowest BCUT2D eigenvalue weighted by molar-refractivity contribution is -0.145. The Kier molecular flexibility index (Phi) is 3.74. The van der Waals surface area contributed by atoms with Crippen LogP contribution in [0.1, 0.15) is 25.3 Å². The third-order valence-electron chi connectivity index (χ3n) is 4.33. The number of fused-ring (bicyclic) bond motifs is 2. The van der Waals surface area contributed by atoms with Crippen LogP contribution < -0.4 is 5.32 Å². The van der Waals surface area contributed by atoms with E-state index in [-0.39, 0.29) is 5.91 Å². The molecule has 0 aliphatic carbocycles. The number of anilines is 1. The van der Waals surface area contributed by atoms with Crippen LogP contribution in [0.5, 0.6) is 0 Å². The zero-order chi connectivity index (χ0) is 15.9. The molecule has 1 fully saturated rings. The maximum absolute atomic E-state index is 12.4. The van der Waals surface area contributed by atoms with Gasteiger partial charge in [-0.2, -0.15) is 0 Å². The number of hydrogen-bond donors (Lipinski definition) is 2. The van der Waals surface area contributed by atoms with Crippen LogP contribution in [-0.2, 0) is 14.3 Å². The fourth-order valence-corrected chi connectivity index (χ4v) is 3.09. The number of aliphatic carboxylic acids is 1. The minimum Gasteiger partial charge on any atom is -0.481 e. The van der Waals surface area contributed by atoms with E-state index < -0.39 is 30.0 Å². The molecule has 0 unspecified atom stereocenters. The largest absolute Gasteiger partial charge is 0.481 e. The molecule has 3 rings (SSSR count). The van der Waals surface area contributed by atoms with Gasteiger partial charge in [-0.15, -0.1) is 0 Å². The Morgan fingerprint density at radius 2 is 1.68 bits per heavy atom. The lowest BCUT2D eigenvalue weighted by atomic mass is 9.82. The Bertz CT molecular complexity index is 620. The van der Waals surface area contributed by atoms with Crippen molar-refractivity contribution in [1.29, 1.82) is 0 Å². The van der Waals surface area contributed by atoms with Gasteiger partial charge < -0.3 is 15.2 Å². The molecule has 0 spiro atoms. The molecule has 116 valence electrons. The number of benzene rings is 1. The summed E-state index contributed by atoms with van der Waals surface area (Å²) >= 11 is 0. The van der Waals surface area contributed by atoms with Crippen LogP contribution in [0.15, 0.2) is 36.4 Å². The van der Waals surface area contributed by atoms with Crippen LogP contribution in [-0.4, -0.2) is 29.2 Å². The molecule has 4 atom stereocenters. The molecule has 1 aromatic rings. The van der Waals surface area contributed by atoms with E-state index in [0.717, 1.165) is 0 Å². The number of hydrogen-bond acceptors (Lipinski definition) is 3. The highest BCUT2D eigenvalue weighted by atomic mass is 16.5. The van der Waals surface area contributed by atoms with Crippen molar-refractivity contribution in [3.8, 4) is 0 Å². The van der Waals surface area contributed by atoms with Gasteiger partial charge in [-0.1, -0.05) is 38.1 Å². The fourth-order valence-electron chi connectivity index (χ4n) is 3.09. The van der Waals surface area contributed by atoms with Crippen molar-refractivity contribution in [2.75, 3.05) is 5.32 Å². The topological polar surface area (TPSA) is 75.6 Å². The number of ether oxygens (including phenoxy) is 1. The zero-order valence-electron chi connectivity index (χ0n) is 12.5. The normalized spacial score (nSPS) is 29.0. The van der Waals surface area contributed by atoms with Gasteiger partial charge in [0, 0.05) is 5.69 Å². The Labute approximate surface area is 129 Å². The molecule has 2 aliphatic rings. The molecule has 22 heavy (non-hydrogen) atoms. The van der Waals surface area contributed by atoms with E-state index in [2.05, 4.69) is 19.2 Å². The molecule has 1 aromatic carbocycles. The van der Waals surface area contributed by atoms with Gasteiger partial charge in [0.2, 0.25) is 5.91 Å². The molecule has 0 radical (unpaired) electrons. The van der Waals surface area contributed by atoms with Gasteiger partial charge in [0.05, 0.1) is 18.1 Å². The first kappa shape index (κ1) is 14.8. The molecule has 2 heterocycles. The molecule has 5 heteroatoms. The zero-order valence-corrected chi connectivity index (χ0v) is 12.5. The van der Waals surface area contributed by atoms with Gasteiger partial charge in [0.25, 0.3) is 0 Å². The number of carbonyl (C=O) groups excluding carboxylic acids is 1. The molecule has 1 amide bonds. The van der Waals surface area contributed by atoms with Gasteiger partial charge in [0.15, 0.2) is 0 Å². The second kappa shape index (κ2) is 5.57. The Morgan fingerprint density at radius 3 is 2.23 bits per heavy atom. The predicted molar refractivity (Wildman–Crippen MR) is 81.6 cm³/mol. The minimum atomic E-state index is -0.993. The molecular formula is C17H19NO4.